The standard InChI is InChI=1S/C12H17N3S2/c1-3-13-7-4-5-10-14-15-12(17-10)11-9(2)6-8-16-11/h6,8,13H,3-5,7H2,1-2H3. The van der Waals surface area contributed by atoms with Gasteiger partial charge in [0.2, 0.25) is 0 Å². The number of aryl methyl sites for hydroxylation is 2. The van der Waals surface area contributed by atoms with Crippen LogP contribution in [0.1, 0.15) is 23.9 Å². The van der Waals surface area contributed by atoms with Gasteiger partial charge in [0.25, 0.3) is 0 Å². The van der Waals surface area contributed by atoms with Crippen molar-refractivity contribution < 1.29 is 0 Å². The second kappa shape index (κ2) is 6.23. The van der Waals surface area contributed by atoms with Crippen LogP contribution in [0.3, 0.4) is 0 Å². The van der Waals surface area contributed by atoms with E-state index in [1.807, 2.05) is 0 Å². The molecule has 0 amide bonds. The van der Waals surface area contributed by atoms with E-state index in [1.165, 1.54) is 10.4 Å². The highest BCUT2D eigenvalue weighted by atomic mass is 32.1. The summed E-state index contributed by atoms with van der Waals surface area (Å²) in [4.78, 5) is 1.26. The second-order valence-electron chi connectivity index (χ2n) is 3.89. The van der Waals surface area contributed by atoms with Gasteiger partial charge in [0.15, 0.2) is 5.01 Å². The average Bonchev–Trinajstić information content (AvgIpc) is 2.93. The van der Waals surface area contributed by atoms with Crippen molar-refractivity contribution in [3.05, 3.63) is 22.0 Å². The Balaban J connectivity index is 1.95. The maximum atomic E-state index is 4.28. The first-order chi connectivity index (χ1) is 8.31. The molecule has 1 N–H and O–H groups in total. The molecular weight excluding hydrogens is 250 g/mol. The Bertz CT molecular complexity index is 462. The van der Waals surface area contributed by atoms with E-state index in [0.29, 0.717) is 0 Å². The molecule has 0 spiro atoms. The largest absolute Gasteiger partial charge is 0.317 e. The average molecular weight is 267 g/mol. The topological polar surface area (TPSA) is 37.8 Å². The van der Waals surface area contributed by atoms with Crippen molar-refractivity contribution >= 4 is 22.7 Å². The van der Waals surface area contributed by atoms with E-state index < -0.39 is 0 Å². The minimum Gasteiger partial charge on any atom is -0.317 e. The molecule has 2 rings (SSSR count). The molecule has 0 saturated heterocycles. The van der Waals surface area contributed by atoms with Gasteiger partial charge < -0.3 is 5.32 Å². The molecule has 17 heavy (non-hydrogen) atoms. The Labute approximate surface area is 110 Å². The summed E-state index contributed by atoms with van der Waals surface area (Å²) in [5.41, 5.74) is 1.30. The Kier molecular flexibility index (Phi) is 4.65. The van der Waals surface area contributed by atoms with Crippen molar-refractivity contribution in [2.75, 3.05) is 13.1 Å². The summed E-state index contributed by atoms with van der Waals surface area (Å²) < 4.78 is 0. The highest BCUT2D eigenvalue weighted by Gasteiger charge is 2.09. The van der Waals surface area contributed by atoms with Crippen molar-refractivity contribution in [1.82, 2.24) is 15.5 Å². The summed E-state index contributed by atoms with van der Waals surface area (Å²) in [5, 5.41) is 16.2. The summed E-state index contributed by atoms with van der Waals surface area (Å²) in [7, 11) is 0. The predicted molar refractivity (Wildman–Crippen MR) is 74.8 cm³/mol. The molecule has 0 aromatic carbocycles. The number of aromatic nitrogens is 2. The summed E-state index contributed by atoms with van der Waals surface area (Å²) in [6.07, 6.45) is 2.15. The van der Waals surface area contributed by atoms with Crippen molar-refractivity contribution in [3.8, 4) is 9.88 Å². The zero-order valence-electron chi connectivity index (χ0n) is 10.2. The molecule has 5 heteroatoms. The lowest BCUT2D eigenvalue weighted by atomic mass is 10.3. The summed E-state index contributed by atoms with van der Waals surface area (Å²) >= 11 is 3.47. The molecule has 2 aromatic heterocycles. The third-order valence-electron chi connectivity index (χ3n) is 2.52. The van der Waals surface area contributed by atoms with Crippen LogP contribution in [0.5, 0.6) is 0 Å². The summed E-state index contributed by atoms with van der Waals surface area (Å²) in [6.45, 7) is 6.35. The molecule has 0 aliphatic carbocycles. The predicted octanol–water partition coefficient (Wildman–Crippen LogP) is 3.12. The molecule has 0 radical (unpaired) electrons. The Morgan fingerprint density at radius 3 is 2.94 bits per heavy atom. The molecule has 2 aromatic rings. The van der Waals surface area contributed by atoms with Crippen LogP contribution in [0.25, 0.3) is 9.88 Å². The van der Waals surface area contributed by atoms with E-state index in [2.05, 4.69) is 40.8 Å². The Hall–Kier alpha value is -0.780. The number of hydrogen-bond donors (Lipinski definition) is 1. The van der Waals surface area contributed by atoms with Gasteiger partial charge in [-0.25, -0.2) is 0 Å². The first-order valence-corrected chi connectivity index (χ1v) is 7.58. The maximum absolute atomic E-state index is 4.28. The van der Waals surface area contributed by atoms with Crippen molar-refractivity contribution in [1.29, 1.82) is 0 Å². The number of rotatable bonds is 6. The van der Waals surface area contributed by atoms with Gasteiger partial charge in [-0.05, 0) is 43.4 Å². The van der Waals surface area contributed by atoms with Crippen LogP contribution < -0.4 is 5.32 Å². The highest BCUT2D eigenvalue weighted by molar-refractivity contribution is 7.20. The van der Waals surface area contributed by atoms with Crippen LogP contribution in [-0.2, 0) is 6.42 Å². The molecule has 0 atom stereocenters. The van der Waals surface area contributed by atoms with Crippen LogP contribution in [0.2, 0.25) is 0 Å². The molecule has 0 aliphatic heterocycles. The zero-order valence-corrected chi connectivity index (χ0v) is 11.8. The fraction of sp³-hybridized carbons (Fsp3) is 0.500. The van der Waals surface area contributed by atoms with Crippen LogP contribution in [0.15, 0.2) is 11.4 Å². The molecule has 92 valence electrons. The monoisotopic (exact) mass is 267 g/mol. The smallest absolute Gasteiger partial charge is 0.158 e. The van der Waals surface area contributed by atoms with E-state index in [1.54, 1.807) is 22.7 Å². The SMILES string of the molecule is CCNCCCc1nnc(-c2sccc2C)s1. The second-order valence-corrected chi connectivity index (χ2v) is 5.87. The van der Waals surface area contributed by atoms with Gasteiger partial charge in [0.1, 0.15) is 5.01 Å². The lowest BCUT2D eigenvalue weighted by molar-refractivity contribution is 0.669. The Morgan fingerprint density at radius 2 is 2.24 bits per heavy atom. The van der Waals surface area contributed by atoms with Crippen molar-refractivity contribution in [3.63, 3.8) is 0 Å². The molecule has 0 saturated carbocycles. The van der Waals surface area contributed by atoms with E-state index in [9.17, 15) is 0 Å². The highest BCUT2D eigenvalue weighted by Crippen LogP contribution is 2.31. The number of nitrogens with zero attached hydrogens (tertiary/aromatic N) is 2. The minimum atomic E-state index is 1.02. The molecule has 0 unspecified atom stereocenters. The quantitative estimate of drug-likeness (QED) is 0.817. The van der Waals surface area contributed by atoms with Gasteiger partial charge in [-0.3, -0.25) is 0 Å². The maximum Gasteiger partial charge on any atom is 0.158 e. The third kappa shape index (κ3) is 3.34. The van der Waals surface area contributed by atoms with Crippen LogP contribution in [0, 0.1) is 6.92 Å². The third-order valence-corrected chi connectivity index (χ3v) is 4.67. The van der Waals surface area contributed by atoms with Gasteiger partial charge in [-0.2, -0.15) is 0 Å². The first kappa shape index (κ1) is 12.7. The summed E-state index contributed by atoms with van der Waals surface area (Å²) in [5.74, 6) is 0. The van der Waals surface area contributed by atoms with E-state index >= 15 is 0 Å². The fourth-order valence-corrected chi connectivity index (χ4v) is 3.54. The number of nitrogens with one attached hydrogen (secondary N) is 1. The zero-order chi connectivity index (χ0) is 12.1. The molecule has 0 bridgehead atoms. The van der Waals surface area contributed by atoms with Crippen LogP contribution in [-0.4, -0.2) is 23.3 Å². The van der Waals surface area contributed by atoms with Gasteiger partial charge >= 0.3 is 0 Å². The van der Waals surface area contributed by atoms with E-state index in [0.717, 1.165) is 35.9 Å². The fourth-order valence-electron chi connectivity index (χ4n) is 1.58. The lowest BCUT2D eigenvalue weighted by Crippen LogP contribution is -2.14. The van der Waals surface area contributed by atoms with Gasteiger partial charge in [0, 0.05) is 6.42 Å². The molecular formula is C12H17N3S2. The van der Waals surface area contributed by atoms with Crippen LogP contribution >= 0.6 is 22.7 Å². The first-order valence-electron chi connectivity index (χ1n) is 5.89. The number of thiophene rings is 1. The molecule has 3 nitrogen and oxygen atoms in total. The van der Waals surface area contributed by atoms with Crippen molar-refractivity contribution in [2.45, 2.75) is 26.7 Å². The normalized spacial score (nSPS) is 10.9. The summed E-state index contributed by atoms with van der Waals surface area (Å²) in [6, 6.07) is 2.13. The lowest BCUT2D eigenvalue weighted by Gasteiger charge is -1.97. The number of hydrogen-bond acceptors (Lipinski definition) is 5. The Morgan fingerprint density at radius 1 is 1.35 bits per heavy atom. The van der Waals surface area contributed by atoms with Gasteiger partial charge in [-0.15, -0.1) is 21.5 Å². The minimum absolute atomic E-state index is 1.02. The van der Waals surface area contributed by atoms with E-state index in [4.69, 9.17) is 0 Å². The molecule has 2 heterocycles. The van der Waals surface area contributed by atoms with Crippen LogP contribution in [0.4, 0.5) is 0 Å². The molecule has 0 fully saturated rings. The van der Waals surface area contributed by atoms with Gasteiger partial charge in [0.05, 0.1) is 4.88 Å². The van der Waals surface area contributed by atoms with E-state index in [-0.39, 0.29) is 0 Å². The molecule has 0 aliphatic rings. The van der Waals surface area contributed by atoms with Gasteiger partial charge in [-0.1, -0.05) is 18.3 Å². The van der Waals surface area contributed by atoms with Crippen molar-refractivity contribution in [2.24, 2.45) is 0 Å².